The Morgan fingerprint density at radius 3 is 2.56 bits per heavy atom. The zero-order valence-electron chi connectivity index (χ0n) is 16.5. The van der Waals surface area contributed by atoms with Gasteiger partial charge in [-0.15, -0.1) is 0 Å². The minimum absolute atomic E-state index is 0.112. The molecule has 0 radical (unpaired) electrons. The van der Waals surface area contributed by atoms with E-state index < -0.39 is 0 Å². The van der Waals surface area contributed by atoms with E-state index in [1.807, 2.05) is 6.92 Å². The fraction of sp³-hybridized carbons (Fsp3) is 0.458. The molecule has 2 aromatic rings. The smallest absolute Gasteiger partial charge is 0.306 e. The van der Waals surface area contributed by atoms with E-state index >= 15 is 0 Å². The van der Waals surface area contributed by atoms with Gasteiger partial charge >= 0.3 is 5.97 Å². The Kier molecular flexibility index (Phi) is 7.05. The van der Waals surface area contributed by atoms with E-state index in [0.29, 0.717) is 31.0 Å². The predicted molar refractivity (Wildman–Crippen MR) is 110 cm³/mol. The molecule has 0 spiro atoms. The van der Waals surface area contributed by atoms with Crippen molar-refractivity contribution in [1.82, 2.24) is 5.32 Å². The van der Waals surface area contributed by atoms with Gasteiger partial charge in [0, 0.05) is 18.5 Å². The molecular weight excluding hydrogens is 334 g/mol. The molecule has 1 aliphatic rings. The van der Waals surface area contributed by atoms with Crippen LogP contribution in [0.3, 0.4) is 0 Å². The maximum absolute atomic E-state index is 11.5. The first-order chi connectivity index (χ1) is 13.2. The van der Waals surface area contributed by atoms with Crippen LogP contribution >= 0.6 is 0 Å². The van der Waals surface area contributed by atoms with E-state index in [-0.39, 0.29) is 5.97 Å². The lowest BCUT2D eigenvalue weighted by Crippen LogP contribution is -2.29. The number of carbonyl (C=O) groups is 1. The van der Waals surface area contributed by atoms with Crippen molar-refractivity contribution in [3.05, 3.63) is 71.3 Å². The summed E-state index contributed by atoms with van der Waals surface area (Å²) in [6.45, 7) is 4.55. The van der Waals surface area contributed by atoms with Crippen LogP contribution < -0.4 is 5.32 Å². The van der Waals surface area contributed by atoms with Crippen LogP contribution in [0.1, 0.15) is 68.2 Å². The Bertz CT molecular complexity index is 711. The Morgan fingerprint density at radius 2 is 1.85 bits per heavy atom. The molecule has 1 aliphatic carbocycles. The molecule has 1 fully saturated rings. The van der Waals surface area contributed by atoms with Crippen LogP contribution in [0.15, 0.2) is 54.6 Å². The monoisotopic (exact) mass is 365 g/mol. The van der Waals surface area contributed by atoms with E-state index in [2.05, 4.69) is 66.8 Å². The minimum atomic E-state index is -0.112. The normalized spacial score (nSPS) is 20.4. The number of nitrogens with one attached hydrogen (secondary N) is 1. The third kappa shape index (κ3) is 5.67. The Labute approximate surface area is 163 Å². The highest BCUT2D eigenvalue weighted by Crippen LogP contribution is 2.35. The van der Waals surface area contributed by atoms with Gasteiger partial charge in [0.1, 0.15) is 0 Å². The van der Waals surface area contributed by atoms with Crippen molar-refractivity contribution < 1.29 is 9.53 Å². The van der Waals surface area contributed by atoms with Crippen LogP contribution in [0.5, 0.6) is 0 Å². The largest absolute Gasteiger partial charge is 0.466 e. The van der Waals surface area contributed by atoms with Gasteiger partial charge in [0.25, 0.3) is 0 Å². The summed E-state index contributed by atoms with van der Waals surface area (Å²) in [5.41, 5.74) is 3.98. The number of esters is 1. The maximum atomic E-state index is 11.5. The Balaban J connectivity index is 1.49. The summed E-state index contributed by atoms with van der Waals surface area (Å²) < 4.78 is 5.00. The van der Waals surface area contributed by atoms with Gasteiger partial charge in [-0.05, 0) is 62.1 Å². The highest BCUT2D eigenvalue weighted by Gasteiger charge is 2.26. The van der Waals surface area contributed by atoms with Crippen LogP contribution in [0.4, 0.5) is 0 Å². The second-order valence-electron chi connectivity index (χ2n) is 7.55. The molecule has 3 nitrogen and oxygen atoms in total. The van der Waals surface area contributed by atoms with Crippen LogP contribution in [0.25, 0.3) is 0 Å². The second kappa shape index (κ2) is 9.70. The summed E-state index contributed by atoms with van der Waals surface area (Å²) in [5, 5.41) is 3.80. The molecule has 144 valence electrons. The van der Waals surface area contributed by atoms with Gasteiger partial charge in [-0.25, -0.2) is 0 Å². The zero-order chi connectivity index (χ0) is 19.1. The number of ether oxygens (including phenoxy) is 1. The lowest BCUT2D eigenvalue weighted by atomic mass is 9.95. The highest BCUT2D eigenvalue weighted by atomic mass is 16.5. The van der Waals surface area contributed by atoms with Crippen LogP contribution in [-0.2, 0) is 16.0 Å². The molecule has 0 aromatic heterocycles. The quantitative estimate of drug-likeness (QED) is 0.656. The number of carbonyl (C=O) groups excluding carboxylic acids is 1. The van der Waals surface area contributed by atoms with Gasteiger partial charge in [-0.1, -0.05) is 54.6 Å². The summed E-state index contributed by atoms with van der Waals surface area (Å²) in [6, 6.07) is 20.5. The first kappa shape index (κ1) is 19.6. The van der Waals surface area contributed by atoms with Gasteiger partial charge in [0.2, 0.25) is 0 Å². The number of benzene rings is 2. The third-order valence-corrected chi connectivity index (χ3v) is 5.59. The number of aryl methyl sites for hydroxylation is 1. The molecule has 0 amide bonds. The van der Waals surface area contributed by atoms with E-state index in [4.69, 9.17) is 4.74 Å². The standard InChI is InChI=1S/C24H31NO2/c1-3-27-24(26)16-11-19-9-12-21(13-10-19)22-14-15-23(17-22)25-18(2)20-7-5-4-6-8-20/h4-10,12-13,18,22-23,25H,3,11,14-17H2,1-2H3/t18-,22+,23+/m1/s1. The third-order valence-electron chi connectivity index (χ3n) is 5.59. The lowest BCUT2D eigenvalue weighted by molar-refractivity contribution is -0.143. The molecule has 0 unspecified atom stereocenters. The van der Waals surface area contributed by atoms with E-state index in [9.17, 15) is 4.79 Å². The molecule has 1 N–H and O–H groups in total. The molecular formula is C24H31NO2. The van der Waals surface area contributed by atoms with Crippen molar-refractivity contribution in [3.8, 4) is 0 Å². The molecule has 3 atom stereocenters. The average Bonchev–Trinajstić information content (AvgIpc) is 3.16. The van der Waals surface area contributed by atoms with Gasteiger partial charge < -0.3 is 10.1 Å². The predicted octanol–water partition coefficient (Wildman–Crippen LogP) is 5.17. The maximum Gasteiger partial charge on any atom is 0.306 e. The van der Waals surface area contributed by atoms with Gasteiger partial charge in [-0.2, -0.15) is 0 Å². The number of hydrogen-bond acceptors (Lipinski definition) is 3. The average molecular weight is 366 g/mol. The molecule has 3 rings (SSSR count). The van der Waals surface area contributed by atoms with Crippen molar-refractivity contribution in [2.75, 3.05) is 6.61 Å². The SMILES string of the molecule is CCOC(=O)CCc1ccc([C@H]2CC[C@H](N[C@H](C)c3ccccc3)C2)cc1. The molecule has 0 heterocycles. The summed E-state index contributed by atoms with van der Waals surface area (Å²) in [4.78, 5) is 11.5. The van der Waals surface area contributed by atoms with Crippen LogP contribution in [0.2, 0.25) is 0 Å². The molecule has 1 saturated carbocycles. The molecule has 3 heteroatoms. The van der Waals surface area contributed by atoms with Crippen molar-refractivity contribution >= 4 is 5.97 Å². The van der Waals surface area contributed by atoms with Gasteiger partial charge in [0.05, 0.1) is 6.61 Å². The lowest BCUT2D eigenvalue weighted by Gasteiger charge is -2.20. The fourth-order valence-electron chi connectivity index (χ4n) is 4.06. The zero-order valence-corrected chi connectivity index (χ0v) is 16.5. The molecule has 0 aliphatic heterocycles. The highest BCUT2D eigenvalue weighted by molar-refractivity contribution is 5.69. The summed E-state index contributed by atoms with van der Waals surface area (Å²) in [6.07, 6.45) is 4.87. The molecule has 0 bridgehead atoms. The van der Waals surface area contributed by atoms with Crippen molar-refractivity contribution in [2.45, 2.75) is 64.0 Å². The Hall–Kier alpha value is -2.13. The van der Waals surface area contributed by atoms with E-state index in [1.165, 1.54) is 36.0 Å². The van der Waals surface area contributed by atoms with Crippen molar-refractivity contribution in [3.63, 3.8) is 0 Å². The first-order valence-corrected chi connectivity index (χ1v) is 10.2. The second-order valence-corrected chi connectivity index (χ2v) is 7.55. The minimum Gasteiger partial charge on any atom is -0.466 e. The van der Waals surface area contributed by atoms with Crippen molar-refractivity contribution in [1.29, 1.82) is 0 Å². The van der Waals surface area contributed by atoms with Gasteiger partial charge in [0.15, 0.2) is 0 Å². The summed E-state index contributed by atoms with van der Waals surface area (Å²) >= 11 is 0. The number of hydrogen-bond donors (Lipinski definition) is 1. The van der Waals surface area contributed by atoms with Crippen LogP contribution in [0, 0.1) is 0 Å². The topological polar surface area (TPSA) is 38.3 Å². The van der Waals surface area contributed by atoms with Crippen molar-refractivity contribution in [2.24, 2.45) is 0 Å². The van der Waals surface area contributed by atoms with E-state index in [0.717, 1.165) is 6.42 Å². The molecule has 0 saturated heterocycles. The van der Waals surface area contributed by atoms with Gasteiger partial charge in [-0.3, -0.25) is 4.79 Å². The Morgan fingerprint density at radius 1 is 1.11 bits per heavy atom. The van der Waals surface area contributed by atoms with Crippen LogP contribution in [-0.4, -0.2) is 18.6 Å². The molecule has 2 aromatic carbocycles. The summed E-state index contributed by atoms with van der Waals surface area (Å²) in [5.74, 6) is 0.517. The van der Waals surface area contributed by atoms with E-state index in [1.54, 1.807) is 0 Å². The molecule has 27 heavy (non-hydrogen) atoms. The summed E-state index contributed by atoms with van der Waals surface area (Å²) in [7, 11) is 0. The fourth-order valence-corrected chi connectivity index (χ4v) is 4.06. The first-order valence-electron chi connectivity index (χ1n) is 10.2. The number of rotatable bonds is 8.